The first-order valence-corrected chi connectivity index (χ1v) is 7.05. The number of carbonyl (C=O) groups is 2. The van der Waals surface area contributed by atoms with Crippen LogP contribution in [0.3, 0.4) is 0 Å². The molecule has 1 amide bonds. The van der Waals surface area contributed by atoms with Crippen molar-refractivity contribution in [3.8, 4) is 0 Å². The Morgan fingerprint density at radius 1 is 1.26 bits per heavy atom. The fraction of sp³-hybridized carbons (Fsp3) is 0.467. The van der Waals surface area contributed by atoms with Crippen LogP contribution in [0, 0.1) is 0 Å². The predicted molar refractivity (Wildman–Crippen MR) is 74.1 cm³/mol. The Hall–Kier alpha value is -2.09. The smallest absolute Gasteiger partial charge is 0.389 e. The van der Waals surface area contributed by atoms with Gasteiger partial charge in [0.05, 0.1) is 13.2 Å². The Labute approximate surface area is 130 Å². The first-order chi connectivity index (χ1) is 10.8. The molecule has 1 aliphatic heterocycles. The van der Waals surface area contributed by atoms with Gasteiger partial charge < -0.3 is 14.7 Å². The molecule has 0 radical (unpaired) electrons. The van der Waals surface area contributed by atoms with Gasteiger partial charge in [-0.15, -0.1) is 0 Å². The van der Waals surface area contributed by atoms with Crippen LogP contribution in [0.15, 0.2) is 24.3 Å². The number of morpholine rings is 1. The summed E-state index contributed by atoms with van der Waals surface area (Å²) in [6.07, 6.45) is -6.33. The van der Waals surface area contributed by atoms with E-state index in [4.69, 9.17) is 9.84 Å². The number of amides is 1. The maximum atomic E-state index is 12.3. The zero-order valence-electron chi connectivity index (χ0n) is 12.2. The second kappa shape index (κ2) is 6.99. The van der Waals surface area contributed by atoms with Crippen molar-refractivity contribution in [3.05, 3.63) is 35.4 Å². The van der Waals surface area contributed by atoms with Crippen molar-refractivity contribution in [2.45, 2.75) is 25.1 Å². The zero-order valence-corrected chi connectivity index (χ0v) is 12.2. The van der Waals surface area contributed by atoms with E-state index in [1.807, 2.05) is 0 Å². The highest BCUT2D eigenvalue weighted by atomic mass is 19.4. The Bertz CT molecular complexity index is 571. The molecular weight excluding hydrogens is 315 g/mol. The SMILES string of the molecule is O=C(O)C1CN(C(=O)c2ccc(CCC(F)(F)F)cc2)CCO1. The van der Waals surface area contributed by atoms with Gasteiger partial charge in [-0.3, -0.25) is 4.79 Å². The van der Waals surface area contributed by atoms with Crippen LogP contribution >= 0.6 is 0 Å². The Kier molecular flexibility index (Phi) is 5.25. The molecule has 1 N–H and O–H groups in total. The van der Waals surface area contributed by atoms with Gasteiger partial charge in [-0.1, -0.05) is 12.1 Å². The summed E-state index contributed by atoms with van der Waals surface area (Å²) in [6.45, 7) is 0.356. The van der Waals surface area contributed by atoms with Crippen LogP contribution in [-0.2, 0) is 16.0 Å². The lowest BCUT2D eigenvalue weighted by molar-refractivity contribution is -0.154. The second-order valence-electron chi connectivity index (χ2n) is 5.26. The van der Waals surface area contributed by atoms with Gasteiger partial charge in [0.25, 0.3) is 5.91 Å². The third-order valence-electron chi connectivity index (χ3n) is 3.53. The molecule has 23 heavy (non-hydrogen) atoms. The Balaban J connectivity index is 1.98. The van der Waals surface area contributed by atoms with Crippen molar-refractivity contribution < 1.29 is 32.6 Å². The highest BCUT2D eigenvalue weighted by Gasteiger charge is 2.29. The minimum Gasteiger partial charge on any atom is -0.479 e. The molecule has 1 aromatic carbocycles. The monoisotopic (exact) mass is 331 g/mol. The average molecular weight is 331 g/mol. The Morgan fingerprint density at radius 3 is 2.48 bits per heavy atom. The molecule has 2 rings (SSSR count). The number of halogens is 3. The van der Waals surface area contributed by atoms with E-state index >= 15 is 0 Å². The summed E-state index contributed by atoms with van der Waals surface area (Å²) < 4.78 is 41.6. The normalized spacial score (nSPS) is 18.7. The molecule has 0 bridgehead atoms. The molecule has 126 valence electrons. The quantitative estimate of drug-likeness (QED) is 0.918. The topological polar surface area (TPSA) is 66.8 Å². The predicted octanol–water partition coefficient (Wildman–Crippen LogP) is 2.11. The van der Waals surface area contributed by atoms with Gasteiger partial charge in [0.15, 0.2) is 6.10 Å². The van der Waals surface area contributed by atoms with Crippen LogP contribution in [0.1, 0.15) is 22.3 Å². The van der Waals surface area contributed by atoms with E-state index in [1.165, 1.54) is 29.2 Å². The van der Waals surface area contributed by atoms with Crippen LogP contribution < -0.4 is 0 Å². The third-order valence-corrected chi connectivity index (χ3v) is 3.53. The minimum absolute atomic E-state index is 0.0516. The van der Waals surface area contributed by atoms with Crippen molar-refractivity contribution in [1.29, 1.82) is 0 Å². The van der Waals surface area contributed by atoms with E-state index in [-0.39, 0.29) is 32.0 Å². The number of carboxylic acids is 1. The summed E-state index contributed by atoms with van der Waals surface area (Å²) in [5.74, 6) is -1.49. The van der Waals surface area contributed by atoms with Crippen molar-refractivity contribution in [1.82, 2.24) is 4.90 Å². The van der Waals surface area contributed by atoms with E-state index in [9.17, 15) is 22.8 Å². The number of benzene rings is 1. The number of alkyl halides is 3. The summed E-state index contributed by atoms with van der Waals surface area (Å²) >= 11 is 0. The van der Waals surface area contributed by atoms with Crippen LogP contribution in [-0.4, -0.2) is 53.9 Å². The summed E-state index contributed by atoms with van der Waals surface area (Å²) in [6, 6.07) is 5.88. The molecule has 0 aromatic heterocycles. The fourth-order valence-corrected chi connectivity index (χ4v) is 2.27. The van der Waals surface area contributed by atoms with Crippen molar-refractivity contribution in [2.24, 2.45) is 0 Å². The molecule has 1 atom stereocenters. The maximum Gasteiger partial charge on any atom is 0.389 e. The number of ether oxygens (including phenoxy) is 1. The second-order valence-corrected chi connectivity index (χ2v) is 5.26. The number of carbonyl (C=O) groups excluding carboxylic acids is 1. The van der Waals surface area contributed by atoms with E-state index < -0.39 is 24.7 Å². The van der Waals surface area contributed by atoms with Gasteiger partial charge in [-0.25, -0.2) is 4.79 Å². The van der Waals surface area contributed by atoms with E-state index in [2.05, 4.69) is 0 Å². The molecular formula is C15H16F3NO4. The summed E-state index contributed by atoms with van der Waals surface area (Å²) in [5, 5.41) is 8.91. The van der Waals surface area contributed by atoms with Crippen LogP contribution in [0.2, 0.25) is 0 Å². The van der Waals surface area contributed by atoms with E-state index in [0.717, 1.165) is 0 Å². The number of carboxylic acid groups (broad SMARTS) is 1. The number of hydrogen-bond acceptors (Lipinski definition) is 3. The Morgan fingerprint density at radius 2 is 1.91 bits per heavy atom. The van der Waals surface area contributed by atoms with Crippen molar-refractivity contribution in [2.75, 3.05) is 19.7 Å². The standard InChI is InChI=1S/C15H16F3NO4/c16-15(17,18)6-5-10-1-3-11(4-2-10)13(20)19-7-8-23-12(9-19)14(21)22/h1-4,12H,5-9H2,(H,21,22). The van der Waals surface area contributed by atoms with Crippen LogP contribution in [0.4, 0.5) is 13.2 Å². The van der Waals surface area contributed by atoms with Gasteiger partial charge in [-0.05, 0) is 24.1 Å². The van der Waals surface area contributed by atoms with Crippen LogP contribution in [0.5, 0.6) is 0 Å². The highest BCUT2D eigenvalue weighted by Crippen LogP contribution is 2.22. The van der Waals surface area contributed by atoms with Gasteiger partial charge in [0, 0.05) is 18.5 Å². The van der Waals surface area contributed by atoms with Crippen molar-refractivity contribution >= 4 is 11.9 Å². The van der Waals surface area contributed by atoms with Gasteiger partial charge in [-0.2, -0.15) is 13.2 Å². The zero-order chi connectivity index (χ0) is 17.0. The fourth-order valence-electron chi connectivity index (χ4n) is 2.27. The van der Waals surface area contributed by atoms with Crippen molar-refractivity contribution in [3.63, 3.8) is 0 Å². The lowest BCUT2D eigenvalue weighted by atomic mass is 10.1. The van der Waals surface area contributed by atoms with Crippen LogP contribution in [0.25, 0.3) is 0 Å². The molecule has 1 saturated heterocycles. The molecule has 0 aliphatic carbocycles. The number of aliphatic carboxylic acids is 1. The minimum atomic E-state index is -4.21. The molecule has 1 aliphatic rings. The number of aryl methyl sites for hydroxylation is 1. The summed E-state index contributed by atoms with van der Waals surface area (Å²) in [7, 11) is 0. The molecule has 0 saturated carbocycles. The number of nitrogens with zero attached hydrogens (tertiary/aromatic N) is 1. The molecule has 8 heteroatoms. The molecule has 1 fully saturated rings. The lowest BCUT2D eigenvalue weighted by Gasteiger charge is -2.30. The summed E-state index contributed by atoms with van der Waals surface area (Å²) in [5.41, 5.74) is 0.802. The highest BCUT2D eigenvalue weighted by molar-refractivity contribution is 5.94. The van der Waals surface area contributed by atoms with Gasteiger partial charge in [0.2, 0.25) is 0 Å². The largest absolute Gasteiger partial charge is 0.479 e. The van der Waals surface area contributed by atoms with E-state index in [0.29, 0.717) is 11.1 Å². The lowest BCUT2D eigenvalue weighted by Crippen LogP contribution is -2.48. The third kappa shape index (κ3) is 4.95. The maximum absolute atomic E-state index is 12.3. The molecule has 1 heterocycles. The molecule has 0 spiro atoms. The first kappa shape index (κ1) is 17.3. The number of hydrogen-bond donors (Lipinski definition) is 1. The average Bonchev–Trinajstić information content (AvgIpc) is 2.52. The summed E-state index contributed by atoms with van der Waals surface area (Å²) in [4.78, 5) is 24.6. The molecule has 1 unspecified atom stereocenters. The number of rotatable bonds is 4. The molecule has 5 nitrogen and oxygen atoms in total. The van der Waals surface area contributed by atoms with E-state index in [1.54, 1.807) is 0 Å². The molecule has 1 aromatic rings. The first-order valence-electron chi connectivity index (χ1n) is 7.05. The van der Waals surface area contributed by atoms with Gasteiger partial charge in [0.1, 0.15) is 0 Å². The van der Waals surface area contributed by atoms with Gasteiger partial charge >= 0.3 is 12.1 Å².